The number of hydrogen-bond donors (Lipinski definition) is 2. The zero-order valence-electron chi connectivity index (χ0n) is 10.6. The number of nitrogens with zero attached hydrogens (tertiary/aromatic N) is 3. The van der Waals surface area contributed by atoms with Crippen LogP contribution in [0, 0.1) is 0 Å². The van der Waals surface area contributed by atoms with Gasteiger partial charge in [0.15, 0.2) is 0 Å². The predicted molar refractivity (Wildman–Crippen MR) is 72.7 cm³/mol. The quantitative estimate of drug-likeness (QED) is 0.806. The Hall–Kier alpha value is -2.17. The van der Waals surface area contributed by atoms with Gasteiger partial charge in [0, 0.05) is 11.4 Å². The van der Waals surface area contributed by atoms with Gasteiger partial charge in [0.1, 0.15) is 0 Å². The highest BCUT2D eigenvalue weighted by Gasteiger charge is 2.06. The highest BCUT2D eigenvalue weighted by molar-refractivity contribution is 5.56. The van der Waals surface area contributed by atoms with Crippen molar-refractivity contribution in [1.82, 2.24) is 15.2 Å². The summed E-state index contributed by atoms with van der Waals surface area (Å²) in [5.41, 5.74) is 9.21. The lowest BCUT2D eigenvalue weighted by Gasteiger charge is -2.07. The van der Waals surface area contributed by atoms with E-state index in [9.17, 15) is 0 Å². The summed E-state index contributed by atoms with van der Waals surface area (Å²) in [5.74, 6) is 0.522. The number of hydrogen-bond acceptors (Lipinski definition) is 5. The lowest BCUT2D eigenvalue weighted by Crippen LogP contribution is -2.06. The van der Waals surface area contributed by atoms with Crippen molar-refractivity contribution >= 4 is 17.3 Å². The van der Waals surface area contributed by atoms with Crippen LogP contribution in [-0.4, -0.2) is 15.2 Å². The molecule has 94 valence electrons. The van der Waals surface area contributed by atoms with Gasteiger partial charge in [-0.3, -0.25) is 0 Å². The van der Waals surface area contributed by atoms with Crippen molar-refractivity contribution in [2.45, 2.75) is 26.7 Å². The van der Waals surface area contributed by atoms with Crippen molar-refractivity contribution in [3.05, 3.63) is 35.7 Å². The fraction of sp³-hybridized carbons (Fsp3) is 0.308. The minimum atomic E-state index is 0.522. The van der Waals surface area contributed by atoms with Gasteiger partial charge in [-0.05, 0) is 37.1 Å². The number of aromatic nitrogens is 3. The highest BCUT2D eigenvalue weighted by Crippen LogP contribution is 2.15. The van der Waals surface area contributed by atoms with E-state index in [1.54, 1.807) is 0 Å². The van der Waals surface area contributed by atoms with Crippen LogP contribution in [0.25, 0.3) is 0 Å². The SMILES string of the molecule is CCc1nnc(Nc2ccc(N)cc2)nc1CC. The average molecular weight is 243 g/mol. The number of benzene rings is 1. The zero-order valence-corrected chi connectivity index (χ0v) is 10.6. The number of nitrogens with one attached hydrogen (secondary N) is 1. The van der Waals surface area contributed by atoms with Gasteiger partial charge in [-0.15, -0.1) is 10.2 Å². The molecule has 18 heavy (non-hydrogen) atoms. The van der Waals surface area contributed by atoms with E-state index in [0.29, 0.717) is 5.95 Å². The normalized spacial score (nSPS) is 10.3. The lowest BCUT2D eigenvalue weighted by molar-refractivity contribution is 0.829. The van der Waals surface area contributed by atoms with E-state index in [-0.39, 0.29) is 0 Å². The first-order valence-corrected chi connectivity index (χ1v) is 6.08. The van der Waals surface area contributed by atoms with Gasteiger partial charge in [0.05, 0.1) is 11.4 Å². The number of anilines is 3. The number of nitrogens with two attached hydrogens (primary N) is 1. The largest absolute Gasteiger partial charge is 0.399 e. The monoisotopic (exact) mass is 243 g/mol. The summed E-state index contributed by atoms with van der Waals surface area (Å²) in [7, 11) is 0. The first-order chi connectivity index (χ1) is 8.72. The Kier molecular flexibility index (Phi) is 3.72. The molecule has 0 atom stereocenters. The average Bonchev–Trinajstić information content (AvgIpc) is 2.41. The summed E-state index contributed by atoms with van der Waals surface area (Å²) >= 11 is 0. The van der Waals surface area contributed by atoms with E-state index in [0.717, 1.165) is 35.6 Å². The molecule has 0 spiro atoms. The molecule has 5 heteroatoms. The van der Waals surface area contributed by atoms with Gasteiger partial charge in [-0.25, -0.2) is 4.98 Å². The second-order valence-electron chi connectivity index (χ2n) is 3.98. The van der Waals surface area contributed by atoms with Crippen LogP contribution in [0.2, 0.25) is 0 Å². The molecule has 0 saturated heterocycles. The van der Waals surface area contributed by atoms with Crippen molar-refractivity contribution in [2.24, 2.45) is 0 Å². The van der Waals surface area contributed by atoms with Crippen LogP contribution >= 0.6 is 0 Å². The van der Waals surface area contributed by atoms with Crippen molar-refractivity contribution in [3.8, 4) is 0 Å². The number of nitrogen functional groups attached to an aromatic ring is 1. The van der Waals surface area contributed by atoms with Crippen LogP contribution < -0.4 is 11.1 Å². The third-order valence-corrected chi connectivity index (χ3v) is 2.68. The van der Waals surface area contributed by atoms with Crippen LogP contribution in [-0.2, 0) is 12.8 Å². The summed E-state index contributed by atoms with van der Waals surface area (Å²) in [6.45, 7) is 4.12. The smallest absolute Gasteiger partial charge is 0.247 e. The fourth-order valence-electron chi connectivity index (χ4n) is 1.69. The van der Waals surface area contributed by atoms with Crippen molar-refractivity contribution in [3.63, 3.8) is 0 Å². The molecule has 5 nitrogen and oxygen atoms in total. The lowest BCUT2D eigenvalue weighted by atomic mass is 10.2. The first-order valence-electron chi connectivity index (χ1n) is 6.08. The predicted octanol–water partition coefficient (Wildman–Crippen LogP) is 2.32. The van der Waals surface area contributed by atoms with Crippen molar-refractivity contribution in [1.29, 1.82) is 0 Å². The van der Waals surface area contributed by atoms with Gasteiger partial charge in [0.2, 0.25) is 5.95 Å². The molecule has 0 amide bonds. The number of rotatable bonds is 4. The molecule has 0 radical (unpaired) electrons. The Morgan fingerprint density at radius 2 is 1.67 bits per heavy atom. The third kappa shape index (κ3) is 2.74. The van der Waals surface area contributed by atoms with E-state index in [4.69, 9.17) is 5.73 Å². The minimum Gasteiger partial charge on any atom is -0.399 e. The van der Waals surface area contributed by atoms with Crippen LogP contribution in [0.5, 0.6) is 0 Å². The Labute approximate surface area is 106 Å². The molecule has 0 bridgehead atoms. The molecule has 0 aliphatic heterocycles. The van der Waals surface area contributed by atoms with E-state index >= 15 is 0 Å². The van der Waals surface area contributed by atoms with Gasteiger partial charge < -0.3 is 11.1 Å². The Bertz CT molecular complexity index is 521. The van der Waals surface area contributed by atoms with Gasteiger partial charge in [0.25, 0.3) is 0 Å². The van der Waals surface area contributed by atoms with Crippen LogP contribution in [0.15, 0.2) is 24.3 Å². The first kappa shape index (κ1) is 12.3. The highest BCUT2D eigenvalue weighted by atomic mass is 15.2. The summed E-state index contributed by atoms with van der Waals surface area (Å²) in [5, 5.41) is 11.4. The fourth-order valence-corrected chi connectivity index (χ4v) is 1.69. The maximum atomic E-state index is 5.63. The maximum absolute atomic E-state index is 5.63. The molecule has 3 N–H and O–H groups in total. The molecule has 0 aliphatic carbocycles. The summed E-state index contributed by atoms with van der Waals surface area (Å²) < 4.78 is 0. The van der Waals surface area contributed by atoms with Gasteiger partial charge in [-0.1, -0.05) is 13.8 Å². The van der Waals surface area contributed by atoms with E-state index in [2.05, 4.69) is 34.3 Å². The molecular weight excluding hydrogens is 226 g/mol. The minimum absolute atomic E-state index is 0.522. The van der Waals surface area contributed by atoms with Gasteiger partial charge in [-0.2, -0.15) is 0 Å². The van der Waals surface area contributed by atoms with E-state index < -0.39 is 0 Å². The van der Waals surface area contributed by atoms with Crippen molar-refractivity contribution in [2.75, 3.05) is 11.1 Å². The summed E-state index contributed by atoms with van der Waals surface area (Å²) in [4.78, 5) is 4.46. The van der Waals surface area contributed by atoms with Crippen LogP contribution in [0.3, 0.4) is 0 Å². The van der Waals surface area contributed by atoms with Crippen LogP contribution in [0.4, 0.5) is 17.3 Å². The molecule has 0 fully saturated rings. The molecule has 1 aromatic heterocycles. The van der Waals surface area contributed by atoms with E-state index in [1.807, 2.05) is 24.3 Å². The zero-order chi connectivity index (χ0) is 13.0. The van der Waals surface area contributed by atoms with Gasteiger partial charge >= 0.3 is 0 Å². The van der Waals surface area contributed by atoms with E-state index in [1.165, 1.54) is 0 Å². The second kappa shape index (κ2) is 5.44. The molecule has 1 aromatic carbocycles. The molecule has 2 rings (SSSR count). The summed E-state index contributed by atoms with van der Waals surface area (Å²) in [6, 6.07) is 7.43. The Morgan fingerprint density at radius 3 is 2.28 bits per heavy atom. The standard InChI is InChI=1S/C13H17N5/c1-3-11-12(4-2)17-18-13(16-11)15-10-7-5-9(14)6-8-10/h5-8H,3-4,14H2,1-2H3,(H,15,16,18). The Morgan fingerprint density at radius 1 is 1.00 bits per heavy atom. The summed E-state index contributed by atoms with van der Waals surface area (Å²) in [6.07, 6.45) is 1.71. The maximum Gasteiger partial charge on any atom is 0.247 e. The second-order valence-corrected chi connectivity index (χ2v) is 3.98. The molecule has 0 unspecified atom stereocenters. The Balaban J connectivity index is 2.21. The van der Waals surface area contributed by atoms with Crippen molar-refractivity contribution < 1.29 is 0 Å². The topological polar surface area (TPSA) is 76.7 Å². The molecule has 1 heterocycles. The molecule has 0 saturated carbocycles. The molecular formula is C13H17N5. The van der Waals surface area contributed by atoms with Crippen LogP contribution in [0.1, 0.15) is 25.2 Å². The molecule has 2 aromatic rings. The third-order valence-electron chi connectivity index (χ3n) is 2.68. The number of aryl methyl sites for hydroxylation is 2. The molecule has 0 aliphatic rings.